The van der Waals surface area contributed by atoms with Crippen LogP contribution >= 0.6 is 0 Å². The number of aromatic nitrogens is 2. The number of aromatic amines is 1. The third-order valence-corrected chi connectivity index (χ3v) is 3.12. The zero-order chi connectivity index (χ0) is 10.5. The van der Waals surface area contributed by atoms with Gasteiger partial charge in [0.05, 0.1) is 16.6 Å². The van der Waals surface area contributed by atoms with Gasteiger partial charge in [-0.2, -0.15) is 0 Å². The quantitative estimate of drug-likeness (QED) is 0.454. The molecule has 0 aliphatic rings. The molecule has 2 aromatic heterocycles. The highest BCUT2D eigenvalue weighted by atomic mass is 15.0. The number of H-pyrrole nitrogens is 1. The molecule has 0 radical (unpaired) electrons. The van der Waals surface area contributed by atoms with E-state index in [-0.39, 0.29) is 0 Å². The number of rotatable bonds is 0. The SMILES string of the molecule is c1ccc2c(c1)cc1[nH]c3ccccc3n12. The van der Waals surface area contributed by atoms with E-state index in [2.05, 4.69) is 64.0 Å². The van der Waals surface area contributed by atoms with E-state index in [1.165, 1.54) is 21.9 Å². The molecule has 0 saturated carbocycles. The van der Waals surface area contributed by atoms with E-state index in [1.807, 2.05) is 0 Å². The van der Waals surface area contributed by atoms with Crippen molar-refractivity contribution in [3.63, 3.8) is 0 Å². The van der Waals surface area contributed by atoms with Crippen molar-refractivity contribution >= 4 is 27.6 Å². The molecule has 0 saturated heterocycles. The van der Waals surface area contributed by atoms with Crippen molar-refractivity contribution in [1.29, 1.82) is 0 Å². The smallest absolute Gasteiger partial charge is 0.116 e. The zero-order valence-electron chi connectivity index (χ0n) is 8.64. The highest BCUT2D eigenvalue weighted by Gasteiger charge is 2.06. The van der Waals surface area contributed by atoms with Gasteiger partial charge in [-0.3, -0.25) is 4.40 Å². The standard InChI is InChI=1S/C14H10N2/c1-3-7-12-10(5-1)9-14-15-11-6-2-4-8-13(11)16(12)14/h1-9,15H. The van der Waals surface area contributed by atoms with Crippen LogP contribution in [0.5, 0.6) is 0 Å². The summed E-state index contributed by atoms with van der Waals surface area (Å²) in [5.74, 6) is 0. The summed E-state index contributed by atoms with van der Waals surface area (Å²) in [5.41, 5.74) is 4.83. The van der Waals surface area contributed by atoms with Crippen LogP contribution in [0, 0.1) is 0 Å². The lowest BCUT2D eigenvalue weighted by molar-refractivity contribution is 1.33. The number of hydrogen-bond acceptors (Lipinski definition) is 0. The van der Waals surface area contributed by atoms with Gasteiger partial charge in [-0.1, -0.05) is 30.3 Å². The Morgan fingerprint density at radius 1 is 0.812 bits per heavy atom. The van der Waals surface area contributed by atoms with Crippen LogP contribution in [-0.2, 0) is 0 Å². The lowest BCUT2D eigenvalue weighted by atomic mass is 10.2. The Kier molecular flexibility index (Phi) is 1.33. The average Bonchev–Trinajstić information content (AvgIpc) is 2.83. The van der Waals surface area contributed by atoms with E-state index >= 15 is 0 Å². The molecular weight excluding hydrogens is 196 g/mol. The second-order valence-electron chi connectivity index (χ2n) is 4.07. The fourth-order valence-electron chi connectivity index (χ4n) is 2.42. The highest BCUT2D eigenvalue weighted by Crippen LogP contribution is 2.24. The van der Waals surface area contributed by atoms with E-state index in [0.717, 1.165) is 5.65 Å². The Labute approximate surface area is 92.1 Å². The third-order valence-electron chi connectivity index (χ3n) is 3.12. The Hall–Kier alpha value is -2.22. The second kappa shape index (κ2) is 2.67. The van der Waals surface area contributed by atoms with Crippen LogP contribution in [-0.4, -0.2) is 9.38 Å². The second-order valence-corrected chi connectivity index (χ2v) is 4.07. The van der Waals surface area contributed by atoms with E-state index in [4.69, 9.17) is 0 Å². The fourth-order valence-corrected chi connectivity index (χ4v) is 2.42. The van der Waals surface area contributed by atoms with Crippen molar-refractivity contribution in [2.24, 2.45) is 0 Å². The molecule has 0 fully saturated rings. The van der Waals surface area contributed by atoms with Gasteiger partial charge in [0, 0.05) is 5.39 Å². The van der Waals surface area contributed by atoms with Gasteiger partial charge in [-0.25, -0.2) is 0 Å². The first-order valence-corrected chi connectivity index (χ1v) is 5.40. The van der Waals surface area contributed by atoms with Gasteiger partial charge in [-0.15, -0.1) is 0 Å². The molecule has 1 N–H and O–H groups in total. The molecule has 2 heteroatoms. The summed E-state index contributed by atoms with van der Waals surface area (Å²) < 4.78 is 2.27. The van der Waals surface area contributed by atoms with Crippen molar-refractivity contribution in [1.82, 2.24) is 9.38 Å². The normalized spacial score (nSPS) is 11.8. The lowest BCUT2D eigenvalue weighted by Gasteiger charge is -1.94. The maximum Gasteiger partial charge on any atom is 0.116 e. The molecule has 2 nitrogen and oxygen atoms in total. The Balaban J connectivity index is 2.38. The molecule has 0 bridgehead atoms. The minimum Gasteiger partial charge on any atom is -0.340 e. The van der Waals surface area contributed by atoms with Crippen LogP contribution in [0.3, 0.4) is 0 Å². The molecule has 76 valence electrons. The van der Waals surface area contributed by atoms with Gasteiger partial charge in [-0.05, 0) is 24.3 Å². The van der Waals surface area contributed by atoms with Gasteiger partial charge in [0.1, 0.15) is 5.65 Å². The molecule has 2 heterocycles. The third kappa shape index (κ3) is 0.865. The average molecular weight is 206 g/mol. The Bertz CT molecular complexity index is 740. The monoisotopic (exact) mass is 206 g/mol. The predicted molar refractivity (Wildman–Crippen MR) is 66.8 cm³/mol. The van der Waals surface area contributed by atoms with Crippen LogP contribution in [0.1, 0.15) is 0 Å². The van der Waals surface area contributed by atoms with Crippen molar-refractivity contribution in [2.75, 3.05) is 0 Å². The molecule has 0 aliphatic carbocycles. The summed E-state index contributed by atoms with van der Waals surface area (Å²) in [6.07, 6.45) is 0. The number of imidazole rings is 1. The van der Waals surface area contributed by atoms with Crippen molar-refractivity contribution < 1.29 is 0 Å². The van der Waals surface area contributed by atoms with Crippen LogP contribution in [0.15, 0.2) is 54.6 Å². The maximum absolute atomic E-state index is 3.43. The zero-order valence-corrected chi connectivity index (χ0v) is 8.64. The molecule has 0 aliphatic heterocycles. The minimum atomic E-state index is 1.16. The molecule has 0 unspecified atom stereocenters. The van der Waals surface area contributed by atoms with Crippen molar-refractivity contribution in [3.05, 3.63) is 54.6 Å². The largest absolute Gasteiger partial charge is 0.340 e. The summed E-state index contributed by atoms with van der Waals surface area (Å²) >= 11 is 0. The molecule has 4 rings (SSSR count). The van der Waals surface area contributed by atoms with Gasteiger partial charge in [0.2, 0.25) is 0 Å². The summed E-state index contributed by atoms with van der Waals surface area (Å²) in [7, 11) is 0. The van der Waals surface area contributed by atoms with Crippen LogP contribution in [0.25, 0.3) is 27.6 Å². The Morgan fingerprint density at radius 3 is 2.50 bits per heavy atom. The molecular formula is C14H10N2. The predicted octanol–water partition coefficient (Wildman–Crippen LogP) is 3.57. The number of benzene rings is 2. The first kappa shape index (κ1) is 7.99. The molecule has 0 spiro atoms. The number of para-hydroxylation sites is 3. The number of nitrogens with zero attached hydrogens (tertiary/aromatic N) is 1. The van der Waals surface area contributed by atoms with Crippen molar-refractivity contribution in [3.8, 4) is 0 Å². The summed E-state index contributed by atoms with van der Waals surface area (Å²) in [6.45, 7) is 0. The first-order valence-electron chi connectivity index (χ1n) is 5.40. The number of nitrogens with one attached hydrogen (secondary N) is 1. The van der Waals surface area contributed by atoms with E-state index in [1.54, 1.807) is 0 Å². The summed E-state index contributed by atoms with van der Waals surface area (Å²) in [5, 5.41) is 1.28. The minimum absolute atomic E-state index is 1.16. The van der Waals surface area contributed by atoms with E-state index < -0.39 is 0 Å². The van der Waals surface area contributed by atoms with Gasteiger partial charge < -0.3 is 4.98 Å². The highest BCUT2D eigenvalue weighted by molar-refractivity contribution is 5.93. The van der Waals surface area contributed by atoms with Crippen LogP contribution < -0.4 is 0 Å². The fraction of sp³-hybridized carbons (Fsp3) is 0. The molecule has 0 amide bonds. The molecule has 0 atom stereocenters. The maximum atomic E-state index is 3.43. The van der Waals surface area contributed by atoms with Gasteiger partial charge in [0.25, 0.3) is 0 Å². The lowest BCUT2D eigenvalue weighted by Crippen LogP contribution is -1.78. The van der Waals surface area contributed by atoms with Gasteiger partial charge in [0.15, 0.2) is 0 Å². The number of fused-ring (bicyclic) bond motifs is 5. The van der Waals surface area contributed by atoms with Crippen molar-refractivity contribution in [2.45, 2.75) is 0 Å². The van der Waals surface area contributed by atoms with Gasteiger partial charge >= 0.3 is 0 Å². The summed E-state index contributed by atoms with van der Waals surface area (Å²) in [6, 6.07) is 19.0. The van der Waals surface area contributed by atoms with Crippen LogP contribution in [0.4, 0.5) is 0 Å². The Morgan fingerprint density at radius 2 is 1.56 bits per heavy atom. The summed E-state index contributed by atoms with van der Waals surface area (Å²) in [4.78, 5) is 3.43. The van der Waals surface area contributed by atoms with E-state index in [9.17, 15) is 0 Å². The molecule has 4 aromatic rings. The molecule has 2 aromatic carbocycles. The van der Waals surface area contributed by atoms with Crippen LogP contribution in [0.2, 0.25) is 0 Å². The first-order chi connectivity index (χ1) is 7.93. The topological polar surface area (TPSA) is 20.2 Å². The number of hydrogen-bond donors (Lipinski definition) is 1. The molecule has 16 heavy (non-hydrogen) atoms. The van der Waals surface area contributed by atoms with E-state index in [0.29, 0.717) is 0 Å².